The van der Waals surface area contributed by atoms with Gasteiger partial charge in [-0.3, -0.25) is 10.1 Å². The van der Waals surface area contributed by atoms with Crippen LogP contribution in [0.1, 0.15) is 11.5 Å². The summed E-state index contributed by atoms with van der Waals surface area (Å²) in [5.41, 5.74) is -0.0614. The van der Waals surface area contributed by atoms with Gasteiger partial charge in [0.25, 0.3) is 11.5 Å². The predicted octanol–water partition coefficient (Wildman–Crippen LogP) is 1.77. The number of nitro groups is 1. The van der Waals surface area contributed by atoms with Crippen molar-refractivity contribution in [3.05, 3.63) is 33.8 Å². The summed E-state index contributed by atoms with van der Waals surface area (Å²) in [6.07, 6.45) is -4.72. The van der Waals surface area contributed by atoms with Crippen LogP contribution < -0.4 is 5.84 Å². The lowest BCUT2D eigenvalue weighted by Gasteiger charge is -2.06. The lowest BCUT2D eigenvalue weighted by atomic mass is 10.3. The van der Waals surface area contributed by atoms with Crippen LogP contribution >= 0.6 is 11.8 Å². The molecule has 2 heterocycles. The SMILES string of the molecule is Cc1nc(Sc2nnc(C(F)(F)F)n2N)ccc1[N+](=O)[O-]. The molecule has 12 heteroatoms. The van der Waals surface area contributed by atoms with Crippen molar-refractivity contribution >= 4 is 17.4 Å². The second kappa shape index (κ2) is 5.20. The van der Waals surface area contributed by atoms with E-state index in [0.717, 1.165) is 0 Å². The average Bonchev–Trinajstić information content (AvgIpc) is 2.70. The molecule has 0 amide bonds. The van der Waals surface area contributed by atoms with E-state index in [1.807, 2.05) is 0 Å². The molecule has 0 saturated heterocycles. The maximum Gasteiger partial charge on any atom is 0.453 e. The summed E-state index contributed by atoms with van der Waals surface area (Å²) >= 11 is 0.716. The van der Waals surface area contributed by atoms with E-state index in [1.165, 1.54) is 19.1 Å². The van der Waals surface area contributed by atoms with E-state index < -0.39 is 16.9 Å². The van der Waals surface area contributed by atoms with Gasteiger partial charge in [-0.2, -0.15) is 13.2 Å². The van der Waals surface area contributed by atoms with Crippen molar-refractivity contribution in [1.82, 2.24) is 19.9 Å². The quantitative estimate of drug-likeness (QED) is 0.521. The molecular weight excluding hydrogens is 313 g/mol. The van der Waals surface area contributed by atoms with Crippen LogP contribution in [0.5, 0.6) is 0 Å². The van der Waals surface area contributed by atoms with Gasteiger partial charge >= 0.3 is 6.18 Å². The summed E-state index contributed by atoms with van der Waals surface area (Å²) in [6.45, 7) is 1.41. The van der Waals surface area contributed by atoms with Crippen LogP contribution in [-0.2, 0) is 6.18 Å². The standard InChI is InChI=1S/C9H7F3N6O2S/c1-4-5(18(19)20)2-3-6(14-4)21-8-16-15-7(17(8)13)9(10,11)12/h2-3H,13H2,1H3. The highest BCUT2D eigenvalue weighted by Gasteiger charge is 2.38. The fourth-order valence-electron chi connectivity index (χ4n) is 1.41. The van der Waals surface area contributed by atoms with E-state index >= 15 is 0 Å². The summed E-state index contributed by atoms with van der Waals surface area (Å²) in [5, 5.41) is 16.9. The molecule has 2 aromatic heterocycles. The van der Waals surface area contributed by atoms with Gasteiger partial charge in [0.05, 0.1) is 4.92 Å². The molecule has 0 aliphatic rings. The number of hydrogen-bond donors (Lipinski definition) is 1. The second-order valence-electron chi connectivity index (χ2n) is 3.79. The first-order valence-electron chi connectivity index (χ1n) is 5.27. The van der Waals surface area contributed by atoms with E-state index in [0.29, 0.717) is 16.4 Å². The van der Waals surface area contributed by atoms with Crippen LogP contribution in [0, 0.1) is 17.0 Å². The number of nitrogens with zero attached hydrogens (tertiary/aromatic N) is 5. The van der Waals surface area contributed by atoms with Crippen LogP contribution in [0.2, 0.25) is 0 Å². The number of aryl methyl sites for hydroxylation is 1. The minimum Gasteiger partial charge on any atom is -0.335 e. The first-order valence-corrected chi connectivity index (χ1v) is 6.09. The molecule has 0 fully saturated rings. The highest BCUT2D eigenvalue weighted by molar-refractivity contribution is 7.99. The number of nitrogen functional groups attached to an aromatic ring is 1. The number of aromatic nitrogens is 4. The van der Waals surface area contributed by atoms with Crippen molar-refractivity contribution in [3.8, 4) is 0 Å². The predicted molar refractivity (Wildman–Crippen MR) is 64.9 cm³/mol. The molecule has 2 N–H and O–H groups in total. The number of hydrogen-bond acceptors (Lipinski definition) is 7. The fourth-order valence-corrected chi connectivity index (χ4v) is 2.19. The Hall–Kier alpha value is -2.37. The van der Waals surface area contributed by atoms with Gasteiger partial charge in [-0.1, -0.05) is 0 Å². The molecule has 0 spiro atoms. The molecule has 0 aliphatic carbocycles. The van der Waals surface area contributed by atoms with Crippen molar-refractivity contribution in [1.29, 1.82) is 0 Å². The summed E-state index contributed by atoms with van der Waals surface area (Å²) in [6, 6.07) is 2.49. The van der Waals surface area contributed by atoms with Crippen molar-refractivity contribution < 1.29 is 18.1 Å². The van der Waals surface area contributed by atoms with Gasteiger partial charge in [0.1, 0.15) is 10.7 Å². The highest BCUT2D eigenvalue weighted by Crippen LogP contribution is 2.31. The van der Waals surface area contributed by atoms with Crippen LogP contribution in [0.4, 0.5) is 18.9 Å². The Morgan fingerprint density at radius 1 is 1.38 bits per heavy atom. The highest BCUT2D eigenvalue weighted by atomic mass is 32.2. The summed E-state index contributed by atoms with van der Waals surface area (Å²) in [5.74, 6) is 3.92. The van der Waals surface area contributed by atoms with Crippen molar-refractivity contribution in [3.63, 3.8) is 0 Å². The molecule has 0 aliphatic heterocycles. The molecule has 0 atom stereocenters. The average molecular weight is 320 g/mol. The third kappa shape index (κ3) is 3.04. The Labute approximate surface area is 119 Å². The third-order valence-electron chi connectivity index (χ3n) is 2.34. The zero-order valence-corrected chi connectivity index (χ0v) is 11.1. The number of alkyl halides is 3. The summed E-state index contributed by atoms with van der Waals surface area (Å²) < 4.78 is 37.8. The first-order chi connectivity index (χ1) is 9.70. The monoisotopic (exact) mass is 320 g/mol. The first kappa shape index (κ1) is 15.0. The van der Waals surface area contributed by atoms with Crippen LogP contribution in [-0.4, -0.2) is 24.8 Å². The van der Waals surface area contributed by atoms with Crippen LogP contribution in [0.3, 0.4) is 0 Å². The Morgan fingerprint density at radius 3 is 2.52 bits per heavy atom. The Balaban J connectivity index is 2.29. The zero-order chi connectivity index (χ0) is 15.8. The van der Waals surface area contributed by atoms with E-state index in [-0.39, 0.29) is 21.6 Å². The minimum absolute atomic E-state index is 0.129. The molecule has 0 unspecified atom stereocenters. The van der Waals surface area contributed by atoms with Crippen molar-refractivity contribution in [2.45, 2.75) is 23.3 Å². The molecule has 0 radical (unpaired) electrons. The third-order valence-corrected chi connectivity index (χ3v) is 3.24. The smallest absolute Gasteiger partial charge is 0.335 e. The van der Waals surface area contributed by atoms with Crippen molar-refractivity contribution in [2.24, 2.45) is 0 Å². The van der Waals surface area contributed by atoms with E-state index in [9.17, 15) is 23.3 Å². The summed E-state index contributed by atoms with van der Waals surface area (Å²) in [7, 11) is 0. The van der Waals surface area contributed by atoms with Gasteiger partial charge in [-0.25, -0.2) is 9.66 Å². The van der Waals surface area contributed by atoms with Gasteiger partial charge < -0.3 is 5.84 Å². The molecular formula is C9H7F3N6O2S. The normalized spacial score (nSPS) is 11.6. The van der Waals surface area contributed by atoms with Gasteiger partial charge in [0, 0.05) is 6.07 Å². The van der Waals surface area contributed by atoms with E-state index in [2.05, 4.69) is 15.2 Å². The fraction of sp³-hybridized carbons (Fsp3) is 0.222. The molecule has 0 aromatic carbocycles. The maximum absolute atomic E-state index is 12.5. The van der Waals surface area contributed by atoms with Gasteiger partial charge in [-0.05, 0) is 24.8 Å². The number of pyridine rings is 1. The summed E-state index contributed by atoms with van der Waals surface area (Å²) in [4.78, 5) is 13.9. The Morgan fingerprint density at radius 2 is 2.05 bits per heavy atom. The molecule has 2 rings (SSSR count). The topological polar surface area (TPSA) is 113 Å². The van der Waals surface area contributed by atoms with Gasteiger partial charge in [0.15, 0.2) is 0 Å². The van der Waals surface area contributed by atoms with E-state index in [4.69, 9.17) is 5.84 Å². The molecule has 21 heavy (non-hydrogen) atoms. The lowest BCUT2D eigenvalue weighted by Crippen LogP contribution is -2.21. The molecule has 2 aromatic rings. The van der Waals surface area contributed by atoms with E-state index in [1.54, 1.807) is 0 Å². The van der Waals surface area contributed by atoms with Gasteiger partial charge in [-0.15, -0.1) is 10.2 Å². The van der Waals surface area contributed by atoms with Crippen LogP contribution in [0.15, 0.2) is 22.3 Å². The molecule has 8 nitrogen and oxygen atoms in total. The van der Waals surface area contributed by atoms with Crippen LogP contribution in [0.25, 0.3) is 0 Å². The second-order valence-corrected chi connectivity index (χ2v) is 4.77. The number of nitrogens with two attached hydrogens (primary N) is 1. The number of halogens is 3. The molecule has 0 saturated carbocycles. The maximum atomic E-state index is 12.5. The zero-order valence-electron chi connectivity index (χ0n) is 10.3. The number of rotatable bonds is 3. The Kier molecular flexibility index (Phi) is 3.72. The minimum atomic E-state index is -4.72. The largest absolute Gasteiger partial charge is 0.453 e. The molecule has 0 bridgehead atoms. The Bertz CT molecular complexity index is 701. The van der Waals surface area contributed by atoms with Gasteiger partial charge in [0.2, 0.25) is 5.16 Å². The van der Waals surface area contributed by atoms with Crippen molar-refractivity contribution in [2.75, 3.05) is 5.84 Å². The lowest BCUT2D eigenvalue weighted by molar-refractivity contribution is -0.385. The molecule has 112 valence electrons.